The fourth-order valence-corrected chi connectivity index (χ4v) is 0.827. The van der Waals surface area contributed by atoms with E-state index in [4.69, 9.17) is 10.5 Å². The van der Waals surface area contributed by atoms with E-state index in [1.54, 1.807) is 0 Å². The minimum atomic E-state index is -0.213. The summed E-state index contributed by atoms with van der Waals surface area (Å²) < 4.78 is 0. The molecule has 0 aromatic carbocycles. The number of hydrogen-bond acceptors (Lipinski definition) is 2. The molecule has 0 fully saturated rings. The van der Waals surface area contributed by atoms with Gasteiger partial charge in [-0.1, -0.05) is 6.42 Å². The molecule has 0 radical (unpaired) electrons. The molecule has 0 aromatic rings. The Labute approximate surface area is 68.4 Å². The zero-order chi connectivity index (χ0) is 8.74. The molecular formula is C9H14N2. The third kappa shape index (κ3) is 5.43. The molecule has 0 amide bonds. The molecule has 11 heavy (non-hydrogen) atoms. The molecular weight excluding hydrogens is 136 g/mol. The summed E-state index contributed by atoms with van der Waals surface area (Å²) >= 11 is 0. The molecule has 0 bridgehead atoms. The van der Waals surface area contributed by atoms with E-state index in [2.05, 4.69) is 12.1 Å². The van der Waals surface area contributed by atoms with Crippen molar-refractivity contribution < 1.29 is 0 Å². The van der Waals surface area contributed by atoms with Crippen LogP contribution >= 0.6 is 0 Å². The Hall–Kier alpha value is -1.02. The highest BCUT2D eigenvalue weighted by Crippen LogP contribution is 2.21. The zero-order valence-corrected chi connectivity index (χ0v) is 7.22. The summed E-state index contributed by atoms with van der Waals surface area (Å²) in [7, 11) is 0. The smallest absolute Gasteiger partial charge is 0.0683 e. The minimum Gasteiger partial charge on any atom is -0.198 e. The number of nitrogens with zero attached hydrogens (tertiary/aromatic N) is 2. The van der Waals surface area contributed by atoms with E-state index in [9.17, 15) is 0 Å². The summed E-state index contributed by atoms with van der Waals surface area (Å²) in [6.07, 6.45) is 3.41. The SMILES string of the molecule is CC(C)(C#N)CCCCC#N. The van der Waals surface area contributed by atoms with Crippen molar-refractivity contribution in [3.05, 3.63) is 0 Å². The van der Waals surface area contributed by atoms with Gasteiger partial charge in [0, 0.05) is 6.42 Å². The zero-order valence-electron chi connectivity index (χ0n) is 7.22. The van der Waals surface area contributed by atoms with E-state index in [0.29, 0.717) is 6.42 Å². The molecule has 0 saturated carbocycles. The van der Waals surface area contributed by atoms with Crippen LogP contribution in [-0.2, 0) is 0 Å². The van der Waals surface area contributed by atoms with Crippen molar-refractivity contribution in [2.24, 2.45) is 5.41 Å². The van der Waals surface area contributed by atoms with Crippen LogP contribution in [-0.4, -0.2) is 0 Å². The summed E-state index contributed by atoms with van der Waals surface area (Å²) in [5.74, 6) is 0. The second-order valence-corrected chi connectivity index (χ2v) is 3.36. The second-order valence-electron chi connectivity index (χ2n) is 3.36. The third-order valence-corrected chi connectivity index (χ3v) is 1.64. The maximum Gasteiger partial charge on any atom is 0.0683 e. The van der Waals surface area contributed by atoms with Gasteiger partial charge in [-0.05, 0) is 26.7 Å². The lowest BCUT2D eigenvalue weighted by Gasteiger charge is -2.13. The van der Waals surface area contributed by atoms with Crippen LogP contribution in [0.4, 0.5) is 0 Å². The van der Waals surface area contributed by atoms with Gasteiger partial charge >= 0.3 is 0 Å². The van der Waals surface area contributed by atoms with Crippen LogP contribution in [0.3, 0.4) is 0 Å². The molecule has 0 aliphatic carbocycles. The Kier molecular flexibility index (Phi) is 4.30. The van der Waals surface area contributed by atoms with Crippen LogP contribution in [0.1, 0.15) is 39.5 Å². The van der Waals surface area contributed by atoms with Gasteiger partial charge in [0.15, 0.2) is 0 Å². The quantitative estimate of drug-likeness (QED) is 0.578. The van der Waals surface area contributed by atoms with Crippen LogP contribution in [0.25, 0.3) is 0 Å². The molecule has 0 aliphatic heterocycles. The van der Waals surface area contributed by atoms with Gasteiger partial charge in [-0.25, -0.2) is 0 Å². The van der Waals surface area contributed by atoms with Crippen molar-refractivity contribution in [3.63, 3.8) is 0 Å². The molecule has 0 atom stereocenters. The molecule has 0 spiro atoms. The topological polar surface area (TPSA) is 47.6 Å². The maximum absolute atomic E-state index is 8.64. The molecule has 0 aromatic heterocycles. The van der Waals surface area contributed by atoms with Crippen molar-refractivity contribution >= 4 is 0 Å². The van der Waals surface area contributed by atoms with Crippen LogP contribution in [0.5, 0.6) is 0 Å². The molecule has 2 heteroatoms. The molecule has 2 nitrogen and oxygen atoms in total. The van der Waals surface area contributed by atoms with Gasteiger partial charge in [-0.2, -0.15) is 10.5 Å². The average molecular weight is 150 g/mol. The van der Waals surface area contributed by atoms with Gasteiger partial charge in [0.2, 0.25) is 0 Å². The minimum absolute atomic E-state index is 0.213. The highest BCUT2D eigenvalue weighted by atomic mass is 14.3. The first kappa shape index (κ1) is 9.98. The van der Waals surface area contributed by atoms with Crippen LogP contribution < -0.4 is 0 Å². The largest absolute Gasteiger partial charge is 0.198 e. The van der Waals surface area contributed by atoms with Crippen LogP contribution in [0.2, 0.25) is 0 Å². The first-order valence-electron chi connectivity index (χ1n) is 3.90. The fourth-order valence-electron chi connectivity index (χ4n) is 0.827. The van der Waals surface area contributed by atoms with Crippen molar-refractivity contribution in [3.8, 4) is 12.1 Å². The summed E-state index contributed by atoms with van der Waals surface area (Å²) in [5.41, 5.74) is -0.213. The first-order valence-corrected chi connectivity index (χ1v) is 3.90. The predicted molar refractivity (Wildman–Crippen MR) is 43.5 cm³/mol. The van der Waals surface area contributed by atoms with Gasteiger partial charge in [0.25, 0.3) is 0 Å². The lowest BCUT2D eigenvalue weighted by molar-refractivity contribution is 0.428. The van der Waals surface area contributed by atoms with Gasteiger partial charge in [-0.15, -0.1) is 0 Å². The highest BCUT2D eigenvalue weighted by Gasteiger charge is 2.14. The van der Waals surface area contributed by atoms with E-state index in [1.165, 1.54) is 0 Å². The molecule has 0 aliphatic rings. The summed E-state index contributed by atoms with van der Waals surface area (Å²) in [4.78, 5) is 0. The van der Waals surface area contributed by atoms with Crippen molar-refractivity contribution in [2.45, 2.75) is 39.5 Å². The number of hydrogen-bond donors (Lipinski definition) is 0. The van der Waals surface area contributed by atoms with Crippen LogP contribution in [0, 0.1) is 28.1 Å². The lowest BCUT2D eigenvalue weighted by atomic mass is 9.89. The van der Waals surface area contributed by atoms with E-state index in [0.717, 1.165) is 19.3 Å². The van der Waals surface area contributed by atoms with Gasteiger partial charge in [0.05, 0.1) is 17.6 Å². The van der Waals surface area contributed by atoms with Crippen molar-refractivity contribution in [1.29, 1.82) is 10.5 Å². The molecule has 0 saturated heterocycles. The van der Waals surface area contributed by atoms with Gasteiger partial charge in [0.1, 0.15) is 0 Å². The number of rotatable bonds is 4. The summed E-state index contributed by atoms with van der Waals surface area (Å²) in [6.45, 7) is 3.86. The standard InChI is InChI=1S/C9H14N2/c1-9(2,8-11)6-4-3-5-7-10/h3-6H2,1-2H3. The van der Waals surface area contributed by atoms with E-state index >= 15 is 0 Å². The predicted octanol–water partition coefficient (Wildman–Crippen LogP) is 2.62. The monoisotopic (exact) mass is 150 g/mol. The molecule has 0 heterocycles. The van der Waals surface area contributed by atoms with E-state index in [-0.39, 0.29) is 5.41 Å². The maximum atomic E-state index is 8.64. The summed E-state index contributed by atoms with van der Waals surface area (Å²) in [5, 5.41) is 16.9. The lowest BCUT2D eigenvalue weighted by Crippen LogP contribution is -2.06. The Balaban J connectivity index is 3.42. The Morgan fingerprint density at radius 3 is 2.27 bits per heavy atom. The van der Waals surface area contributed by atoms with Crippen molar-refractivity contribution in [2.75, 3.05) is 0 Å². The normalized spacial score (nSPS) is 10.2. The fraction of sp³-hybridized carbons (Fsp3) is 0.778. The number of unbranched alkanes of at least 4 members (excludes halogenated alkanes) is 2. The van der Waals surface area contributed by atoms with E-state index in [1.807, 2.05) is 13.8 Å². The number of nitriles is 2. The Bertz CT molecular complexity index is 181. The van der Waals surface area contributed by atoms with Crippen molar-refractivity contribution in [1.82, 2.24) is 0 Å². The molecule has 60 valence electrons. The highest BCUT2D eigenvalue weighted by molar-refractivity contribution is 4.91. The average Bonchev–Trinajstić information content (AvgIpc) is 1.99. The third-order valence-electron chi connectivity index (χ3n) is 1.64. The van der Waals surface area contributed by atoms with Crippen LogP contribution in [0.15, 0.2) is 0 Å². The first-order chi connectivity index (χ1) is 5.12. The van der Waals surface area contributed by atoms with Gasteiger partial charge < -0.3 is 0 Å². The molecule has 0 unspecified atom stereocenters. The van der Waals surface area contributed by atoms with Gasteiger partial charge in [-0.3, -0.25) is 0 Å². The summed E-state index contributed by atoms with van der Waals surface area (Å²) in [6, 6.07) is 4.32. The Morgan fingerprint density at radius 2 is 1.82 bits per heavy atom. The molecule has 0 rings (SSSR count). The molecule has 0 N–H and O–H groups in total. The Morgan fingerprint density at radius 1 is 1.18 bits per heavy atom. The van der Waals surface area contributed by atoms with E-state index < -0.39 is 0 Å². The second kappa shape index (κ2) is 4.74.